The largest absolute Gasteiger partial charge is 0.307 e. The molecule has 0 heterocycles. The van der Waals surface area contributed by atoms with E-state index in [0.717, 1.165) is 32.6 Å². The Kier molecular flexibility index (Phi) is 7.41. The number of carbonyl (C=O) groups is 1. The van der Waals surface area contributed by atoms with Crippen LogP contribution in [0, 0.1) is 5.82 Å². The third-order valence-electron chi connectivity index (χ3n) is 3.52. The Labute approximate surface area is 121 Å². The molecule has 0 saturated heterocycles. The number of rotatable bonds is 9. The predicted octanol–water partition coefficient (Wildman–Crippen LogP) is 2.72. The molecule has 1 aromatic rings. The average Bonchev–Trinajstić information content (AvgIpc) is 2.47. The van der Waals surface area contributed by atoms with Crippen LogP contribution in [0.15, 0.2) is 24.3 Å². The van der Waals surface area contributed by atoms with Gasteiger partial charge in [-0.15, -0.1) is 0 Å². The van der Waals surface area contributed by atoms with Gasteiger partial charge in [-0.3, -0.25) is 4.79 Å². The molecule has 20 heavy (non-hydrogen) atoms. The lowest BCUT2D eigenvalue weighted by Crippen LogP contribution is -2.36. The zero-order valence-electron chi connectivity index (χ0n) is 12.7. The minimum Gasteiger partial charge on any atom is -0.307 e. The van der Waals surface area contributed by atoms with E-state index in [4.69, 9.17) is 0 Å². The number of halogens is 1. The number of ketones is 1. The van der Waals surface area contributed by atoms with Crippen molar-refractivity contribution in [2.24, 2.45) is 0 Å². The van der Waals surface area contributed by atoms with Gasteiger partial charge in [0.1, 0.15) is 5.82 Å². The quantitative estimate of drug-likeness (QED) is 0.557. The zero-order chi connectivity index (χ0) is 15.0. The molecule has 0 radical (unpaired) electrons. The molecule has 0 aliphatic heterocycles. The Hall–Kier alpha value is -1.26. The minimum absolute atomic E-state index is 0.00726. The highest BCUT2D eigenvalue weighted by atomic mass is 19.1. The third-order valence-corrected chi connectivity index (χ3v) is 3.52. The summed E-state index contributed by atoms with van der Waals surface area (Å²) in [5.74, 6) is -0.311. The predicted molar refractivity (Wildman–Crippen MR) is 80.6 cm³/mol. The van der Waals surface area contributed by atoms with E-state index in [9.17, 15) is 9.18 Å². The van der Waals surface area contributed by atoms with Gasteiger partial charge in [-0.25, -0.2) is 4.39 Å². The number of carbonyl (C=O) groups excluding carboxylic acids is 1. The second-order valence-corrected chi connectivity index (χ2v) is 4.93. The molecule has 0 bridgehead atoms. The summed E-state index contributed by atoms with van der Waals surface area (Å²) in [6, 6.07) is 5.47. The van der Waals surface area contributed by atoms with Crippen molar-refractivity contribution in [3.8, 4) is 0 Å². The fourth-order valence-electron chi connectivity index (χ4n) is 2.12. The maximum atomic E-state index is 12.8. The molecule has 1 unspecified atom stereocenters. The fraction of sp³-hybridized carbons (Fsp3) is 0.562. The van der Waals surface area contributed by atoms with Crippen molar-refractivity contribution in [3.05, 3.63) is 35.6 Å². The maximum Gasteiger partial charge on any atom is 0.179 e. The van der Waals surface area contributed by atoms with E-state index in [1.165, 1.54) is 24.3 Å². The molecule has 1 N–H and O–H groups in total. The lowest BCUT2D eigenvalue weighted by molar-refractivity contribution is 0.0950. The van der Waals surface area contributed by atoms with E-state index in [1.807, 2.05) is 6.92 Å². The highest BCUT2D eigenvalue weighted by Gasteiger charge is 2.14. The van der Waals surface area contributed by atoms with Crippen molar-refractivity contribution in [1.82, 2.24) is 10.2 Å². The number of benzene rings is 1. The van der Waals surface area contributed by atoms with Crippen LogP contribution in [-0.2, 0) is 0 Å². The summed E-state index contributed by atoms with van der Waals surface area (Å²) in [6.07, 6.45) is 1.02. The first kappa shape index (κ1) is 16.8. The average molecular weight is 280 g/mol. The Morgan fingerprint density at radius 3 is 2.40 bits per heavy atom. The molecule has 1 aromatic carbocycles. The molecule has 0 saturated carbocycles. The van der Waals surface area contributed by atoms with Gasteiger partial charge in [0, 0.05) is 5.56 Å². The molecule has 0 spiro atoms. The van der Waals surface area contributed by atoms with Crippen molar-refractivity contribution in [2.45, 2.75) is 33.2 Å². The second kappa shape index (κ2) is 8.82. The topological polar surface area (TPSA) is 32.3 Å². The van der Waals surface area contributed by atoms with Crippen LogP contribution in [0.1, 0.15) is 37.6 Å². The smallest absolute Gasteiger partial charge is 0.179 e. The summed E-state index contributed by atoms with van der Waals surface area (Å²) in [6.45, 7) is 10.1. The van der Waals surface area contributed by atoms with E-state index in [0.29, 0.717) is 5.56 Å². The van der Waals surface area contributed by atoms with E-state index in [-0.39, 0.29) is 17.6 Å². The van der Waals surface area contributed by atoms with Crippen molar-refractivity contribution in [2.75, 3.05) is 26.2 Å². The standard InChI is InChI=1S/C16H25FN2O/c1-4-19(5-2)12-6-11-18-13(3)16(20)14-7-9-15(17)10-8-14/h7-10,13,18H,4-6,11-12H2,1-3H3. The number of nitrogens with one attached hydrogen (secondary N) is 1. The minimum atomic E-state index is -0.318. The van der Waals surface area contributed by atoms with Gasteiger partial charge in [-0.1, -0.05) is 13.8 Å². The number of hydrogen-bond acceptors (Lipinski definition) is 3. The molecular weight excluding hydrogens is 255 g/mol. The normalized spacial score (nSPS) is 12.7. The van der Waals surface area contributed by atoms with E-state index >= 15 is 0 Å². The van der Waals surface area contributed by atoms with Crippen molar-refractivity contribution < 1.29 is 9.18 Å². The summed E-state index contributed by atoms with van der Waals surface area (Å²) in [5, 5.41) is 3.23. The van der Waals surface area contributed by atoms with Crippen LogP contribution < -0.4 is 5.32 Å². The lowest BCUT2D eigenvalue weighted by atomic mass is 10.1. The van der Waals surface area contributed by atoms with Crippen LogP contribution in [0.2, 0.25) is 0 Å². The molecule has 1 rings (SSSR count). The molecule has 4 heteroatoms. The fourth-order valence-corrected chi connectivity index (χ4v) is 2.12. The van der Waals surface area contributed by atoms with Crippen LogP contribution in [0.25, 0.3) is 0 Å². The van der Waals surface area contributed by atoms with Crippen LogP contribution in [0.5, 0.6) is 0 Å². The first-order valence-corrected chi connectivity index (χ1v) is 7.34. The number of nitrogens with zero attached hydrogens (tertiary/aromatic N) is 1. The Balaban J connectivity index is 2.33. The summed E-state index contributed by atoms with van der Waals surface area (Å²) in [5.41, 5.74) is 0.551. The van der Waals surface area contributed by atoms with E-state index < -0.39 is 0 Å². The monoisotopic (exact) mass is 280 g/mol. The van der Waals surface area contributed by atoms with Gasteiger partial charge in [-0.2, -0.15) is 0 Å². The van der Waals surface area contributed by atoms with Crippen LogP contribution in [-0.4, -0.2) is 42.9 Å². The van der Waals surface area contributed by atoms with Gasteiger partial charge in [0.25, 0.3) is 0 Å². The molecular formula is C16H25FN2O. The van der Waals surface area contributed by atoms with Crippen LogP contribution >= 0.6 is 0 Å². The van der Waals surface area contributed by atoms with Crippen molar-refractivity contribution >= 4 is 5.78 Å². The highest BCUT2D eigenvalue weighted by molar-refractivity contribution is 5.99. The van der Waals surface area contributed by atoms with Gasteiger partial charge in [0.15, 0.2) is 5.78 Å². The second-order valence-electron chi connectivity index (χ2n) is 4.93. The molecule has 0 aliphatic carbocycles. The summed E-state index contributed by atoms with van der Waals surface area (Å²) < 4.78 is 12.8. The number of hydrogen-bond donors (Lipinski definition) is 1. The molecule has 112 valence electrons. The first-order chi connectivity index (χ1) is 9.58. The number of Topliss-reactive ketones (excluding diaryl/α,β-unsaturated/α-hetero) is 1. The van der Waals surface area contributed by atoms with Gasteiger partial charge in [-0.05, 0) is 63.8 Å². The highest BCUT2D eigenvalue weighted by Crippen LogP contribution is 2.06. The zero-order valence-corrected chi connectivity index (χ0v) is 12.7. The summed E-state index contributed by atoms with van der Waals surface area (Å²) in [4.78, 5) is 14.5. The molecule has 0 amide bonds. The maximum absolute atomic E-state index is 12.8. The molecule has 1 atom stereocenters. The Morgan fingerprint density at radius 1 is 1.25 bits per heavy atom. The van der Waals surface area contributed by atoms with Crippen LogP contribution in [0.3, 0.4) is 0 Å². The first-order valence-electron chi connectivity index (χ1n) is 7.34. The molecule has 0 fully saturated rings. The van der Waals surface area contributed by atoms with Crippen molar-refractivity contribution in [1.29, 1.82) is 0 Å². The van der Waals surface area contributed by atoms with Gasteiger partial charge in [0.05, 0.1) is 6.04 Å². The van der Waals surface area contributed by atoms with Gasteiger partial charge in [0.2, 0.25) is 0 Å². The summed E-state index contributed by atoms with van der Waals surface area (Å²) in [7, 11) is 0. The Morgan fingerprint density at radius 2 is 1.85 bits per heavy atom. The Bertz CT molecular complexity index is 401. The molecule has 0 aromatic heterocycles. The summed E-state index contributed by atoms with van der Waals surface area (Å²) >= 11 is 0. The van der Waals surface area contributed by atoms with Crippen molar-refractivity contribution in [3.63, 3.8) is 0 Å². The molecule has 0 aliphatic rings. The van der Waals surface area contributed by atoms with Crippen LogP contribution in [0.4, 0.5) is 4.39 Å². The van der Waals surface area contributed by atoms with Gasteiger partial charge >= 0.3 is 0 Å². The third kappa shape index (κ3) is 5.39. The lowest BCUT2D eigenvalue weighted by Gasteiger charge is -2.19. The van der Waals surface area contributed by atoms with E-state index in [2.05, 4.69) is 24.1 Å². The SMILES string of the molecule is CCN(CC)CCCNC(C)C(=O)c1ccc(F)cc1. The molecule has 3 nitrogen and oxygen atoms in total. The van der Waals surface area contributed by atoms with Gasteiger partial charge < -0.3 is 10.2 Å². The van der Waals surface area contributed by atoms with E-state index in [1.54, 1.807) is 0 Å².